The van der Waals surface area contributed by atoms with Crippen molar-refractivity contribution in [3.05, 3.63) is 38.8 Å². The van der Waals surface area contributed by atoms with Crippen molar-refractivity contribution in [2.45, 2.75) is 18.7 Å². The second kappa shape index (κ2) is 5.74. The lowest BCUT2D eigenvalue weighted by molar-refractivity contribution is 0.0696. The molecule has 0 bridgehead atoms. The van der Waals surface area contributed by atoms with Crippen LogP contribution in [0.1, 0.15) is 21.5 Å². The maximum Gasteiger partial charge on any atom is 0.335 e. The zero-order valence-corrected chi connectivity index (χ0v) is 14.3. The summed E-state index contributed by atoms with van der Waals surface area (Å²) in [5.74, 6) is -1.17. The van der Waals surface area contributed by atoms with E-state index in [1.165, 1.54) is 12.3 Å². The lowest BCUT2D eigenvalue weighted by atomic mass is 10.1. The summed E-state index contributed by atoms with van der Waals surface area (Å²) in [5, 5.41) is 9.32. The van der Waals surface area contributed by atoms with Crippen molar-refractivity contribution >= 4 is 48.4 Å². The summed E-state index contributed by atoms with van der Waals surface area (Å²) in [7, 11) is -3.89. The third-order valence-corrected chi connectivity index (χ3v) is 5.74. The largest absolute Gasteiger partial charge is 0.478 e. The molecule has 0 unspecified atom stereocenters. The molecule has 0 saturated heterocycles. The smallest absolute Gasteiger partial charge is 0.335 e. The molecule has 0 aliphatic heterocycles. The van der Waals surface area contributed by atoms with E-state index in [1.807, 2.05) is 0 Å². The molecule has 0 radical (unpaired) electrons. The van der Waals surface area contributed by atoms with Crippen molar-refractivity contribution in [2.75, 3.05) is 4.72 Å². The van der Waals surface area contributed by atoms with Crippen LogP contribution in [0.2, 0.25) is 0 Å². The maximum atomic E-state index is 12.4. The number of anilines is 1. The van der Waals surface area contributed by atoms with Gasteiger partial charge in [0.15, 0.2) is 5.13 Å². The SMILES string of the molecule is Cc1cc(C)c(S(=O)(=O)Nc2ncc(Br)s2)cc1C(=O)O. The van der Waals surface area contributed by atoms with E-state index in [2.05, 4.69) is 25.6 Å². The molecule has 1 aromatic heterocycles. The van der Waals surface area contributed by atoms with E-state index in [0.717, 1.165) is 17.4 Å². The van der Waals surface area contributed by atoms with Crippen LogP contribution in [-0.4, -0.2) is 24.5 Å². The molecule has 9 heteroatoms. The Morgan fingerprint density at radius 3 is 2.52 bits per heavy atom. The lowest BCUT2D eigenvalue weighted by Gasteiger charge is -2.11. The molecule has 1 heterocycles. The number of hydrogen-bond donors (Lipinski definition) is 2. The van der Waals surface area contributed by atoms with Crippen LogP contribution in [0.15, 0.2) is 27.0 Å². The predicted molar refractivity (Wildman–Crippen MR) is 83.5 cm³/mol. The Hall–Kier alpha value is -1.45. The number of aromatic nitrogens is 1. The number of aryl methyl sites for hydroxylation is 2. The second-order valence-electron chi connectivity index (χ2n) is 4.31. The first-order valence-electron chi connectivity index (χ1n) is 5.69. The fourth-order valence-electron chi connectivity index (χ4n) is 1.82. The number of carboxylic acid groups (broad SMARTS) is 1. The van der Waals surface area contributed by atoms with Crippen molar-refractivity contribution in [3.8, 4) is 0 Å². The number of carbonyl (C=O) groups is 1. The monoisotopic (exact) mass is 390 g/mol. The van der Waals surface area contributed by atoms with Gasteiger partial charge in [-0.2, -0.15) is 0 Å². The topological polar surface area (TPSA) is 96.4 Å². The molecule has 21 heavy (non-hydrogen) atoms. The Balaban J connectivity index is 2.49. The van der Waals surface area contributed by atoms with Gasteiger partial charge in [0, 0.05) is 0 Å². The van der Waals surface area contributed by atoms with E-state index < -0.39 is 16.0 Å². The van der Waals surface area contributed by atoms with Gasteiger partial charge in [-0.15, -0.1) is 0 Å². The summed E-state index contributed by atoms with van der Waals surface area (Å²) in [6.45, 7) is 3.24. The van der Waals surface area contributed by atoms with Crippen LogP contribution >= 0.6 is 27.3 Å². The zero-order chi connectivity index (χ0) is 15.8. The van der Waals surface area contributed by atoms with Gasteiger partial charge in [-0.25, -0.2) is 18.2 Å². The summed E-state index contributed by atoms with van der Waals surface area (Å²) in [6.07, 6.45) is 1.48. The number of aromatic carboxylic acids is 1. The summed E-state index contributed by atoms with van der Waals surface area (Å²) < 4.78 is 27.8. The number of carboxylic acids is 1. The zero-order valence-electron chi connectivity index (χ0n) is 11.0. The molecule has 0 aliphatic carbocycles. The highest BCUT2D eigenvalue weighted by Crippen LogP contribution is 2.27. The van der Waals surface area contributed by atoms with Crippen LogP contribution in [0.3, 0.4) is 0 Å². The molecular weight excluding hydrogens is 380 g/mol. The molecular formula is C12H11BrN2O4S2. The number of benzene rings is 1. The standard InChI is InChI=1S/C12H11BrN2O4S2/c1-6-3-7(2)9(4-8(6)11(16)17)21(18,19)15-12-14-5-10(13)20-12/h3-5H,1-2H3,(H,14,15)(H,16,17). The predicted octanol–water partition coefficient (Wildman–Crippen LogP) is 3.02. The van der Waals surface area contributed by atoms with E-state index >= 15 is 0 Å². The number of halogens is 1. The Labute approximate surface area is 134 Å². The number of hydrogen-bond acceptors (Lipinski definition) is 5. The summed E-state index contributed by atoms with van der Waals surface area (Å²) >= 11 is 4.32. The molecule has 112 valence electrons. The average Bonchev–Trinajstić information content (AvgIpc) is 2.72. The Kier molecular flexibility index (Phi) is 4.35. The molecule has 2 rings (SSSR count). The third kappa shape index (κ3) is 3.42. The lowest BCUT2D eigenvalue weighted by Crippen LogP contribution is -2.15. The van der Waals surface area contributed by atoms with Crippen LogP contribution < -0.4 is 4.72 Å². The first-order chi connectivity index (χ1) is 9.70. The molecule has 0 saturated carbocycles. The molecule has 0 amide bonds. The van der Waals surface area contributed by atoms with Crippen molar-refractivity contribution in [2.24, 2.45) is 0 Å². The average molecular weight is 391 g/mol. The van der Waals surface area contributed by atoms with Crippen LogP contribution in [0.5, 0.6) is 0 Å². The van der Waals surface area contributed by atoms with Crippen molar-refractivity contribution in [3.63, 3.8) is 0 Å². The van der Waals surface area contributed by atoms with Gasteiger partial charge in [0.05, 0.1) is 20.4 Å². The van der Waals surface area contributed by atoms with E-state index in [9.17, 15) is 13.2 Å². The van der Waals surface area contributed by atoms with Gasteiger partial charge in [0.25, 0.3) is 10.0 Å². The minimum absolute atomic E-state index is 0.0405. The van der Waals surface area contributed by atoms with Crippen LogP contribution in [0.25, 0.3) is 0 Å². The number of thiazole rings is 1. The molecule has 6 nitrogen and oxygen atoms in total. The number of nitrogens with zero attached hydrogens (tertiary/aromatic N) is 1. The molecule has 0 spiro atoms. The quantitative estimate of drug-likeness (QED) is 0.835. The Morgan fingerprint density at radius 2 is 2.00 bits per heavy atom. The van der Waals surface area contributed by atoms with E-state index in [-0.39, 0.29) is 15.6 Å². The van der Waals surface area contributed by atoms with E-state index in [0.29, 0.717) is 14.9 Å². The van der Waals surface area contributed by atoms with Gasteiger partial charge in [0.1, 0.15) is 0 Å². The Bertz CT molecular complexity index is 815. The van der Waals surface area contributed by atoms with Crippen LogP contribution in [0.4, 0.5) is 5.13 Å². The molecule has 0 atom stereocenters. The highest BCUT2D eigenvalue weighted by molar-refractivity contribution is 9.11. The van der Waals surface area contributed by atoms with Gasteiger partial charge in [-0.05, 0) is 47.0 Å². The Morgan fingerprint density at radius 1 is 1.33 bits per heavy atom. The molecule has 2 N–H and O–H groups in total. The molecule has 2 aromatic rings. The normalized spacial score (nSPS) is 11.4. The van der Waals surface area contributed by atoms with Crippen molar-refractivity contribution < 1.29 is 18.3 Å². The highest BCUT2D eigenvalue weighted by Gasteiger charge is 2.21. The summed E-state index contributed by atoms with van der Waals surface area (Å²) in [4.78, 5) is 15.0. The minimum Gasteiger partial charge on any atom is -0.478 e. The van der Waals surface area contributed by atoms with Gasteiger partial charge in [0.2, 0.25) is 0 Å². The fraction of sp³-hybridized carbons (Fsp3) is 0.167. The van der Waals surface area contributed by atoms with Crippen LogP contribution in [0, 0.1) is 13.8 Å². The highest BCUT2D eigenvalue weighted by atomic mass is 79.9. The van der Waals surface area contributed by atoms with E-state index in [1.54, 1.807) is 13.8 Å². The number of sulfonamides is 1. The van der Waals surface area contributed by atoms with Crippen LogP contribution in [-0.2, 0) is 10.0 Å². The first kappa shape index (κ1) is 15.9. The fourth-order valence-corrected chi connectivity index (χ4v) is 4.43. The van der Waals surface area contributed by atoms with Gasteiger partial charge in [-0.1, -0.05) is 17.4 Å². The number of nitrogens with one attached hydrogen (secondary N) is 1. The van der Waals surface area contributed by atoms with E-state index in [4.69, 9.17) is 5.11 Å². The third-order valence-electron chi connectivity index (χ3n) is 2.74. The second-order valence-corrected chi connectivity index (χ2v) is 8.37. The summed E-state index contributed by atoms with van der Waals surface area (Å²) in [6, 6.07) is 2.70. The molecule has 1 aromatic carbocycles. The van der Waals surface area contributed by atoms with Crippen molar-refractivity contribution in [1.29, 1.82) is 0 Å². The maximum absolute atomic E-state index is 12.4. The number of rotatable bonds is 4. The first-order valence-corrected chi connectivity index (χ1v) is 8.78. The van der Waals surface area contributed by atoms with Gasteiger partial charge < -0.3 is 5.11 Å². The van der Waals surface area contributed by atoms with Gasteiger partial charge in [-0.3, -0.25) is 4.72 Å². The summed E-state index contributed by atoms with van der Waals surface area (Å²) in [5.41, 5.74) is 0.942. The van der Waals surface area contributed by atoms with Crippen molar-refractivity contribution in [1.82, 2.24) is 4.98 Å². The minimum atomic E-state index is -3.89. The van der Waals surface area contributed by atoms with Gasteiger partial charge >= 0.3 is 5.97 Å². The molecule has 0 fully saturated rings. The molecule has 0 aliphatic rings.